The molecule has 0 bridgehead atoms. The Hall–Kier alpha value is -0.870. The fraction of sp³-hybridized carbons (Fsp3) is 0.600. The van der Waals surface area contributed by atoms with Crippen LogP contribution in [0.2, 0.25) is 5.02 Å². The highest BCUT2D eigenvalue weighted by Gasteiger charge is 2.36. The molecule has 2 nitrogen and oxygen atoms in total. The maximum Gasteiger partial charge on any atom is 0.148 e. The normalized spacial score (nSPS) is 22.2. The number of anilines is 1. The van der Waals surface area contributed by atoms with Crippen molar-refractivity contribution in [1.82, 2.24) is 5.32 Å². The zero-order chi connectivity index (χ0) is 14.2. The molecular weight excluding hydrogens is 282 g/mol. The largest absolute Gasteiger partial charge is 0.369 e. The number of halogens is 3. The summed E-state index contributed by atoms with van der Waals surface area (Å²) < 4.78 is 27.5. The van der Waals surface area contributed by atoms with Gasteiger partial charge in [-0.2, -0.15) is 0 Å². The molecule has 2 fully saturated rings. The van der Waals surface area contributed by atoms with E-state index in [2.05, 4.69) is 5.32 Å². The van der Waals surface area contributed by atoms with Gasteiger partial charge in [-0.25, -0.2) is 8.78 Å². The topological polar surface area (TPSA) is 15.3 Å². The second-order valence-electron chi connectivity index (χ2n) is 5.95. The molecule has 2 saturated heterocycles. The van der Waals surface area contributed by atoms with Crippen molar-refractivity contribution in [3.63, 3.8) is 0 Å². The molecule has 0 saturated carbocycles. The third-order valence-electron chi connectivity index (χ3n) is 4.82. The number of hydrogen-bond acceptors (Lipinski definition) is 2. The lowest BCUT2D eigenvalue weighted by molar-refractivity contribution is 0.154. The Morgan fingerprint density at radius 2 is 1.65 bits per heavy atom. The third-order valence-corrected chi connectivity index (χ3v) is 5.11. The van der Waals surface area contributed by atoms with Crippen LogP contribution in [0, 0.1) is 17.0 Å². The molecule has 0 aliphatic carbocycles. The van der Waals surface area contributed by atoms with E-state index in [9.17, 15) is 8.78 Å². The molecule has 3 rings (SSSR count). The number of nitrogens with one attached hydrogen (secondary N) is 1. The molecule has 20 heavy (non-hydrogen) atoms. The second kappa shape index (κ2) is 5.49. The monoisotopic (exact) mass is 300 g/mol. The van der Waals surface area contributed by atoms with Gasteiger partial charge in [-0.3, -0.25) is 0 Å². The van der Waals surface area contributed by atoms with E-state index in [4.69, 9.17) is 11.6 Å². The lowest BCUT2D eigenvalue weighted by Crippen LogP contribution is -2.45. The summed E-state index contributed by atoms with van der Waals surface area (Å²) in [4.78, 5) is 1.95. The van der Waals surface area contributed by atoms with Gasteiger partial charge in [0.25, 0.3) is 0 Å². The Labute approximate surface area is 123 Å². The molecule has 2 aliphatic rings. The van der Waals surface area contributed by atoms with Crippen LogP contribution < -0.4 is 10.2 Å². The van der Waals surface area contributed by atoms with Gasteiger partial charge in [0.05, 0.1) is 10.7 Å². The first-order valence-electron chi connectivity index (χ1n) is 7.20. The van der Waals surface area contributed by atoms with Gasteiger partial charge in [-0.15, -0.1) is 0 Å². The summed E-state index contributed by atoms with van der Waals surface area (Å²) in [6, 6.07) is 2.29. The molecule has 5 heteroatoms. The number of benzene rings is 1. The SMILES string of the molecule is Fc1cc(N2CCC3(CCNCC3)CC2)c(F)cc1Cl. The van der Waals surface area contributed by atoms with Gasteiger partial charge in [-0.05, 0) is 50.3 Å². The van der Waals surface area contributed by atoms with E-state index in [-0.39, 0.29) is 5.02 Å². The molecule has 0 amide bonds. The van der Waals surface area contributed by atoms with Gasteiger partial charge in [0.15, 0.2) is 0 Å². The molecule has 1 aromatic carbocycles. The first kappa shape index (κ1) is 14.1. The fourth-order valence-corrected chi connectivity index (χ4v) is 3.58. The van der Waals surface area contributed by atoms with E-state index in [0.29, 0.717) is 11.1 Å². The first-order valence-corrected chi connectivity index (χ1v) is 7.58. The summed E-state index contributed by atoms with van der Waals surface area (Å²) in [5.74, 6) is -0.983. The molecule has 2 aliphatic heterocycles. The molecule has 0 aromatic heterocycles. The van der Waals surface area contributed by atoms with Gasteiger partial charge < -0.3 is 10.2 Å². The van der Waals surface area contributed by atoms with Gasteiger partial charge in [0.1, 0.15) is 11.6 Å². The zero-order valence-electron chi connectivity index (χ0n) is 11.4. The average Bonchev–Trinajstić information content (AvgIpc) is 2.45. The summed E-state index contributed by atoms with van der Waals surface area (Å²) in [6.07, 6.45) is 4.49. The first-order chi connectivity index (χ1) is 9.60. The molecule has 0 unspecified atom stereocenters. The Morgan fingerprint density at radius 3 is 2.30 bits per heavy atom. The number of nitrogens with zero attached hydrogens (tertiary/aromatic N) is 1. The van der Waals surface area contributed by atoms with Crippen molar-refractivity contribution >= 4 is 17.3 Å². The van der Waals surface area contributed by atoms with E-state index < -0.39 is 11.6 Å². The van der Waals surface area contributed by atoms with Crippen molar-refractivity contribution in [2.45, 2.75) is 25.7 Å². The Morgan fingerprint density at radius 1 is 1.00 bits per heavy atom. The second-order valence-corrected chi connectivity index (χ2v) is 6.36. The number of rotatable bonds is 1. The fourth-order valence-electron chi connectivity index (χ4n) is 3.43. The minimum Gasteiger partial charge on any atom is -0.369 e. The molecular formula is C15H19ClF2N2. The Balaban J connectivity index is 1.73. The van der Waals surface area contributed by atoms with E-state index in [0.717, 1.165) is 45.1 Å². The van der Waals surface area contributed by atoms with Crippen molar-refractivity contribution in [2.75, 3.05) is 31.1 Å². The molecule has 0 radical (unpaired) electrons. The van der Waals surface area contributed by atoms with Gasteiger partial charge >= 0.3 is 0 Å². The average molecular weight is 301 g/mol. The Kier molecular flexibility index (Phi) is 3.87. The molecule has 110 valence electrons. The van der Waals surface area contributed by atoms with Crippen LogP contribution in [-0.4, -0.2) is 26.2 Å². The summed E-state index contributed by atoms with van der Waals surface area (Å²) in [6.45, 7) is 3.73. The number of piperidine rings is 2. The van der Waals surface area contributed by atoms with Crippen LogP contribution in [0.1, 0.15) is 25.7 Å². The van der Waals surface area contributed by atoms with Gasteiger partial charge in [-0.1, -0.05) is 11.6 Å². The van der Waals surface area contributed by atoms with Crippen LogP contribution in [0.3, 0.4) is 0 Å². The van der Waals surface area contributed by atoms with Crippen molar-refractivity contribution in [3.05, 3.63) is 28.8 Å². The maximum absolute atomic E-state index is 13.9. The highest BCUT2D eigenvalue weighted by Crippen LogP contribution is 2.41. The van der Waals surface area contributed by atoms with Crippen LogP contribution in [0.25, 0.3) is 0 Å². The minimum atomic E-state index is -0.551. The lowest BCUT2D eigenvalue weighted by Gasteiger charge is -2.45. The highest BCUT2D eigenvalue weighted by molar-refractivity contribution is 6.30. The smallest absolute Gasteiger partial charge is 0.148 e. The third kappa shape index (κ3) is 2.63. The van der Waals surface area contributed by atoms with Crippen LogP contribution in [0.5, 0.6) is 0 Å². The molecule has 0 atom stereocenters. The highest BCUT2D eigenvalue weighted by atomic mass is 35.5. The van der Waals surface area contributed by atoms with Crippen molar-refractivity contribution in [3.8, 4) is 0 Å². The van der Waals surface area contributed by atoms with E-state index >= 15 is 0 Å². The molecule has 1 spiro atoms. The summed E-state index contributed by atoms with van der Waals surface area (Å²) in [5.41, 5.74) is 0.749. The van der Waals surface area contributed by atoms with E-state index in [1.54, 1.807) is 0 Å². The van der Waals surface area contributed by atoms with Crippen LogP contribution in [0.15, 0.2) is 12.1 Å². The zero-order valence-corrected chi connectivity index (χ0v) is 12.1. The minimum absolute atomic E-state index is 0.155. The van der Waals surface area contributed by atoms with Crippen molar-refractivity contribution in [1.29, 1.82) is 0 Å². The standard InChI is InChI=1S/C15H19ClF2N2/c16-11-9-13(18)14(10-12(11)17)20-7-3-15(4-8-20)1-5-19-6-2-15/h9-10,19H,1-8H2. The van der Waals surface area contributed by atoms with E-state index in [1.807, 2.05) is 4.90 Å². The molecule has 1 aromatic rings. The van der Waals surface area contributed by atoms with Gasteiger partial charge in [0.2, 0.25) is 0 Å². The lowest BCUT2D eigenvalue weighted by atomic mass is 9.71. The van der Waals surface area contributed by atoms with Crippen molar-refractivity contribution < 1.29 is 8.78 Å². The van der Waals surface area contributed by atoms with Gasteiger partial charge in [0, 0.05) is 19.2 Å². The Bertz CT molecular complexity index is 491. The van der Waals surface area contributed by atoms with Crippen LogP contribution >= 0.6 is 11.6 Å². The van der Waals surface area contributed by atoms with Crippen LogP contribution in [0.4, 0.5) is 14.5 Å². The number of hydrogen-bond donors (Lipinski definition) is 1. The van der Waals surface area contributed by atoms with Crippen molar-refractivity contribution in [2.24, 2.45) is 5.41 Å². The van der Waals surface area contributed by atoms with E-state index in [1.165, 1.54) is 18.9 Å². The van der Waals surface area contributed by atoms with Crippen LogP contribution in [-0.2, 0) is 0 Å². The summed E-state index contributed by atoms with van der Waals surface area (Å²) >= 11 is 5.60. The maximum atomic E-state index is 13.9. The predicted molar refractivity (Wildman–Crippen MR) is 77.4 cm³/mol. The molecule has 2 heterocycles. The molecule has 1 N–H and O–H groups in total. The predicted octanol–water partition coefficient (Wildman–Crippen LogP) is 3.59. The summed E-state index contributed by atoms with van der Waals surface area (Å²) in [5, 5.41) is 3.23. The quantitative estimate of drug-likeness (QED) is 0.797. The summed E-state index contributed by atoms with van der Waals surface area (Å²) in [7, 11) is 0.